The van der Waals surface area contributed by atoms with Crippen molar-refractivity contribution in [2.24, 2.45) is 5.73 Å². The monoisotopic (exact) mass is 461 g/mol. The summed E-state index contributed by atoms with van der Waals surface area (Å²) in [7, 11) is 3.11. The summed E-state index contributed by atoms with van der Waals surface area (Å²) in [6.45, 7) is 2.60. The molecule has 170 valence electrons. The predicted octanol–water partition coefficient (Wildman–Crippen LogP) is 3.50. The molecule has 32 heavy (non-hydrogen) atoms. The summed E-state index contributed by atoms with van der Waals surface area (Å²) >= 11 is 5.89. The van der Waals surface area contributed by atoms with Gasteiger partial charge in [0.2, 0.25) is 5.91 Å². The van der Waals surface area contributed by atoms with Crippen LogP contribution in [-0.2, 0) is 16.1 Å². The van der Waals surface area contributed by atoms with E-state index >= 15 is 0 Å². The Kier molecular flexibility index (Phi) is 7.79. The SMILES string of the molecule is COCCN(Cc1cc2c(Nc3cccc(Cl)c3F)ncnc2cc1OC)C(=O)[C@@H](C)N. The molecule has 3 rings (SSSR count). The molecule has 1 amide bonds. The molecule has 1 heterocycles. The summed E-state index contributed by atoms with van der Waals surface area (Å²) in [5.74, 6) is 0.147. The van der Waals surface area contributed by atoms with Gasteiger partial charge in [-0.15, -0.1) is 0 Å². The maximum absolute atomic E-state index is 14.4. The molecule has 0 bridgehead atoms. The second-order valence-electron chi connectivity index (χ2n) is 7.17. The van der Waals surface area contributed by atoms with Crippen LogP contribution in [0.4, 0.5) is 15.9 Å². The number of methoxy groups -OCH3 is 2. The zero-order valence-corrected chi connectivity index (χ0v) is 18.8. The Bertz CT molecular complexity index is 1110. The Morgan fingerprint density at radius 1 is 1.31 bits per heavy atom. The molecule has 0 aliphatic carbocycles. The number of aromatic nitrogens is 2. The lowest BCUT2D eigenvalue weighted by molar-refractivity contribution is -0.133. The van der Waals surface area contributed by atoms with E-state index < -0.39 is 11.9 Å². The number of hydrogen-bond acceptors (Lipinski definition) is 7. The van der Waals surface area contributed by atoms with E-state index in [1.54, 1.807) is 44.2 Å². The normalized spacial score (nSPS) is 11.9. The first kappa shape index (κ1) is 23.6. The van der Waals surface area contributed by atoms with Gasteiger partial charge in [-0.25, -0.2) is 14.4 Å². The highest BCUT2D eigenvalue weighted by Crippen LogP contribution is 2.32. The predicted molar refractivity (Wildman–Crippen MR) is 122 cm³/mol. The summed E-state index contributed by atoms with van der Waals surface area (Å²) in [5.41, 5.74) is 7.31. The Hall–Kier alpha value is -3.01. The molecule has 2 aromatic carbocycles. The maximum atomic E-state index is 14.4. The number of nitrogens with two attached hydrogens (primary N) is 1. The number of nitrogens with zero attached hydrogens (tertiary/aromatic N) is 3. The highest BCUT2D eigenvalue weighted by atomic mass is 35.5. The van der Waals surface area contributed by atoms with Crippen LogP contribution >= 0.6 is 11.6 Å². The zero-order valence-electron chi connectivity index (χ0n) is 18.1. The molecule has 0 aliphatic rings. The topological polar surface area (TPSA) is 103 Å². The molecule has 3 aromatic rings. The van der Waals surface area contributed by atoms with Crippen molar-refractivity contribution in [1.82, 2.24) is 14.9 Å². The van der Waals surface area contributed by atoms with Gasteiger partial charge in [0.05, 0.1) is 36.0 Å². The summed E-state index contributed by atoms with van der Waals surface area (Å²) in [6, 6.07) is 7.56. The number of fused-ring (bicyclic) bond motifs is 1. The number of halogens is 2. The van der Waals surface area contributed by atoms with E-state index in [-0.39, 0.29) is 23.2 Å². The number of amides is 1. The highest BCUT2D eigenvalue weighted by Gasteiger charge is 2.20. The van der Waals surface area contributed by atoms with E-state index in [0.29, 0.717) is 35.6 Å². The standard InChI is InChI=1S/C22H25ClFN5O3/c1-13(25)22(30)29(7-8-31-2)11-14-9-15-18(10-19(14)32-3)26-12-27-21(15)28-17-6-4-5-16(23)20(17)24/h4-6,9-10,12-13H,7-8,11,25H2,1-3H3,(H,26,27,28)/t13-/m1/s1. The van der Waals surface area contributed by atoms with Gasteiger partial charge in [-0.1, -0.05) is 17.7 Å². The Morgan fingerprint density at radius 2 is 2.09 bits per heavy atom. The number of benzene rings is 2. The van der Waals surface area contributed by atoms with E-state index in [9.17, 15) is 9.18 Å². The average Bonchev–Trinajstić information content (AvgIpc) is 2.78. The largest absolute Gasteiger partial charge is 0.496 e. The first-order valence-electron chi connectivity index (χ1n) is 9.91. The third kappa shape index (κ3) is 5.24. The van der Waals surface area contributed by atoms with Crippen molar-refractivity contribution >= 4 is 39.9 Å². The van der Waals surface area contributed by atoms with Crippen LogP contribution in [0.1, 0.15) is 12.5 Å². The van der Waals surface area contributed by atoms with Gasteiger partial charge in [-0.05, 0) is 25.1 Å². The van der Waals surface area contributed by atoms with Crippen molar-refractivity contribution in [3.63, 3.8) is 0 Å². The maximum Gasteiger partial charge on any atom is 0.239 e. The number of ether oxygens (including phenoxy) is 2. The van der Waals surface area contributed by atoms with Crippen LogP contribution in [0.25, 0.3) is 10.9 Å². The molecule has 0 saturated heterocycles. The summed E-state index contributed by atoms with van der Waals surface area (Å²) in [5, 5.41) is 3.60. The van der Waals surface area contributed by atoms with E-state index in [0.717, 1.165) is 5.56 Å². The number of nitrogens with one attached hydrogen (secondary N) is 1. The summed E-state index contributed by atoms with van der Waals surface area (Å²) < 4.78 is 25.1. The fourth-order valence-electron chi connectivity index (χ4n) is 3.23. The van der Waals surface area contributed by atoms with Gasteiger partial charge in [0, 0.05) is 37.2 Å². The highest BCUT2D eigenvalue weighted by molar-refractivity contribution is 6.31. The number of anilines is 2. The first-order valence-corrected chi connectivity index (χ1v) is 10.3. The molecule has 0 fully saturated rings. The first-order chi connectivity index (χ1) is 15.3. The molecule has 0 radical (unpaired) electrons. The summed E-state index contributed by atoms with van der Waals surface area (Å²) in [6.07, 6.45) is 1.37. The van der Waals surface area contributed by atoms with Crippen molar-refractivity contribution in [2.75, 3.05) is 32.7 Å². The molecule has 0 unspecified atom stereocenters. The molecule has 0 spiro atoms. The number of carbonyl (C=O) groups excluding carboxylic acids is 1. The lowest BCUT2D eigenvalue weighted by Gasteiger charge is -2.25. The number of hydrogen-bond donors (Lipinski definition) is 2. The third-order valence-corrected chi connectivity index (χ3v) is 5.16. The molecule has 10 heteroatoms. The van der Waals surface area contributed by atoms with Gasteiger partial charge in [0.15, 0.2) is 5.82 Å². The van der Waals surface area contributed by atoms with Gasteiger partial charge < -0.3 is 25.4 Å². The average molecular weight is 462 g/mol. The Morgan fingerprint density at radius 3 is 2.78 bits per heavy atom. The molecule has 8 nitrogen and oxygen atoms in total. The number of carbonyl (C=O) groups is 1. The minimum absolute atomic E-state index is 0.000999. The van der Waals surface area contributed by atoms with Crippen molar-refractivity contribution < 1.29 is 18.7 Å². The second-order valence-corrected chi connectivity index (χ2v) is 7.58. The lowest BCUT2D eigenvalue weighted by atomic mass is 10.1. The van der Waals surface area contributed by atoms with Gasteiger partial charge in [-0.2, -0.15) is 0 Å². The van der Waals surface area contributed by atoms with E-state index in [4.69, 9.17) is 26.8 Å². The molecule has 1 aromatic heterocycles. The van der Waals surface area contributed by atoms with Gasteiger partial charge in [-0.3, -0.25) is 4.79 Å². The van der Waals surface area contributed by atoms with Crippen LogP contribution in [0.2, 0.25) is 5.02 Å². The molecular formula is C22H25ClFN5O3. The van der Waals surface area contributed by atoms with Crippen LogP contribution in [0, 0.1) is 5.82 Å². The van der Waals surface area contributed by atoms with Crippen LogP contribution < -0.4 is 15.8 Å². The van der Waals surface area contributed by atoms with Gasteiger partial charge in [0.1, 0.15) is 17.9 Å². The zero-order chi connectivity index (χ0) is 23.3. The van der Waals surface area contributed by atoms with Crippen LogP contribution in [0.15, 0.2) is 36.7 Å². The van der Waals surface area contributed by atoms with Crippen molar-refractivity contribution in [3.8, 4) is 5.75 Å². The molecule has 0 saturated carbocycles. The second kappa shape index (κ2) is 10.5. The quantitative estimate of drug-likeness (QED) is 0.502. The van der Waals surface area contributed by atoms with E-state index in [1.807, 2.05) is 6.07 Å². The summed E-state index contributed by atoms with van der Waals surface area (Å²) in [4.78, 5) is 22.8. The fraction of sp³-hybridized carbons (Fsp3) is 0.318. The van der Waals surface area contributed by atoms with Crippen molar-refractivity contribution in [3.05, 3.63) is 53.1 Å². The fourth-order valence-corrected chi connectivity index (χ4v) is 3.41. The van der Waals surface area contributed by atoms with E-state index in [2.05, 4.69) is 15.3 Å². The molecule has 0 aliphatic heterocycles. The molecule has 1 atom stereocenters. The van der Waals surface area contributed by atoms with Crippen LogP contribution in [0.5, 0.6) is 5.75 Å². The lowest BCUT2D eigenvalue weighted by Crippen LogP contribution is -2.43. The minimum Gasteiger partial charge on any atom is -0.496 e. The van der Waals surface area contributed by atoms with Crippen LogP contribution in [0.3, 0.4) is 0 Å². The molecular weight excluding hydrogens is 437 g/mol. The minimum atomic E-state index is -0.662. The Labute approximate surface area is 190 Å². The van der Waals surface area contributed by atoms with Crippen molar-refractivity contribution in [1.29, 1.82) is 0 Å². The third-order valence-electron chi connectivity index (χ3n) is 4.87. The molecule has 3 N–H and O–H groups in total. The Balaban J connectivity index is 2.03. The smallest absolute Gasteiger partial charge is 0.239 e. The van der Waals surface area contributed by atoms with Crippen molar-refractivity contribution in [2.45, 2.75) is 19.5 Å². The number of rotatable bonds is 9. The van der Waals surface area contributed by atoms with Gasteiger partial charge in [0.25, 0.3) is 0 Å². The van der Waals surface area contributed by atoms with E-state index in [1.165, 1.54) is 12.4 Å². The van der Waals surface area contributed by atoms with Crippen LogP contribution in [-0.4, -0.2) is 54.2 Å². The van der Waals surface area contributed by atoms with Gasteiger partial charge >= 0.3 is 0 Å².